The maximum absolute atomic E-state index is 11.7. The summed E-state index contributed by atoms with van der Waals surface area (Å²) in [6.45, 7) is 2.30. The lowest BCUT2D eigenvalue weighted by Gasteiger charge is -2.08. The van der Waals surface area contributed by atoms with Gasteiger partial charge < -0.3 is 0 Å². The van der Waals surface area contributed by atoms with Crippen molar-refractivity contribution < 1.29 is 0 Å². The largest absolute Gasteiger partial charge is 0.292 e. The molecule has 1 aromatic heterocycles. The lowest BCUT2D eigenvalue weighted by Crippen LogP contribution is -2.23. The number of nitrogens with zero attached hydrogens (tertiary/aromatic N) is 2. The van der Waals surface area contributed by atoms with Gasteiger partial charge in [-0.2, -0.15) is 0 Å². The van der Waals surface area contributed by atoms with E-state index < -0.39 is 0 Å². The summed E-state index contributed by atoms with van der Waals surface area (Å²) in [5.74, 6) is 0.626. The zero-order valence-corrected chi connectivity index (χ0v) is 9.61. The first-order valence-electron chi connectivity index (χ1n) is 4.95. The van der Waals surface area contributed by atoms with Crippen LogP contribution in [-0.4, -0.2) is 9.55 Å². The van der Waals surface area contributed by atoms with Crippen molar-refractivity contribution in [1.29, 1.82) is 0 Å². The van der Waals surface area contributed by atoms with Crippen molar-refractivity contribution >= 4 is 11.6 Å². The Morgan fingerprint density at radius 1 is 1.31 bits per heavy atom. The van der Waals surface area contributed by atoms with Crippen LogP contribution in [-0.2, 0) is 6.54 Å². The molecule has 0 N–H and O–H groups in total. The highest BCUT2D eigenvalue weighted by Crippen LogP contribution is 2.05. The average Bonchev–Trinajstić information content (AvgIpc) is 2.25. The van der Waals surface area contributed by atoms with Crippen LogP contribution in [0.4, 0.5) is 0 Å². The summed E-state index contributed by atoms with van der Waals surface area (Å²) in [5.41, 5.74) is 0.943. The predicted octanol–water partition coefficient (Wildman–Crippen LogP) is 2.25. The minimum Gasteiger partial charge on any atom is -0.292 e. The van der Waals surface area contributed by atoms with E-state index in [0.717, 1.165) is 5.56 Å². The van der Waals surface area contributed by atoms with Crippen LogP contribution in [0.3, 0.4) is 0 Å². The molecule has 0 aliphatic carbocycles. The van der Waals surface area contributed by atoms with E-state index in [9.17, 15) is 4.79 Å². The second-order valence-corrected chi connectivity index (χ2v) is 3.92. The second kappa shape index (κ2) is 4.49. The number of hydrogen-bond acceptors (Lipinski definition) is 2. The smallest absolute Gasteiger partial charge is 0.255 e. The van der Waals surface area contributed by atoms with E-state index in [1.807, 2.05) is 30.3 Å². The van der Waals surface area contributed by atoms with Gasteiger partial charge in [-0.05, 0) is 12.5 Å². The summed E-state index contributed by atoms with van der Waals surface area (Å²) in [6, 6.07) is 11.1. The predicted molar refractivity (Wildman–Crippen MR) is 63.8 cm³/mol. The monoisotopic (exact) mass is 234 g/mol. The normalized spacial score (nSPS) is 10.4. The van der Waals surface area contributed by atoms with Crippen LogP contribution >= 0.6 is 11.6 Å². The number of rotatable bonds is 2. The van der Waals surface area contributed by atoms with Crippen molar-refractivity contribution in [3.05, 3.63) is 63.3 Å². The fourth-order valence-electron chi connectivity index (χ4n) is 1.54. The standard InChI is InChI=1S/C12H11ClN2O/c1-9-14-11(13)7-12(16)15(9)8-10-5-3-2-4-6-10/h2-7H,8H2,1H3. The fourth-order valence-corrected chi connectivity index (χ4v) is 1.76. The van der Waals surface area contributed by atoms with E-state index in [-0.39, 0.29) is 10.7 Å². The van der Waals surface area contributed by atoms with Crippen LogP contribution in [0.15, 0.2) is 41.2 Å². The molecule has 4 heteroatoms. The molecule has 0 amide bonds. The third-order valence-corrected chi connectivity index (χ3v) is 2.54. The molecule has 1 aromatic carbocycles. The quantitative estimate of drug-likeness (QED) is 0.747. The molecule has 0 aliphatic heterocycles. The van der Waals surface area contributed by atoms with Gasteiger partial charge in [0, 0.05) is 6.07 Å². The molecule has 0 atom stereocenters. The molecule has 0 saturated heterocycles. The van der Waals surface area contributed by atoms with Crippen LogP contribution in [0.25, 0.3) is 0 Å². The molecule has 3 nitrogen and oxygen atoms in total. The number of aromatic nitrogens is 2. The highest BCUT2D eigenvalue weighted by atomic mass is 35.5. The van der Waals surface area contributed by atoms with E-state index in [2.05, 4.69) is 4.98 Å². The maximum Gasteiger partial charge on any atom is 0.255 e. The molecule has 0 radical (unpaired) electrons. The number of aryl methyl sites for hydroxylation is 1. The Labute approximate surface area is 98.3 Å². The molecule has 82 valence electrons. The van der Waals surface area contributed by atoms with Gasteiger partial charge in [0.1, 0.15) is 11.0 Å². The van der Waals surface area contributed by atoms with Gasteiger partial charge in [-0.1, -0.05) is 41.9 Å². The lowest BCUT2D eigenvalue weighted by atomic mass is 10.2. The van der Waals surface area contributed by atoms with E-state index >= 15 is 0 Å². The molecule has 0 unspecified atom stereocenters. The van der Waals surface area contributed by atoms with Crippen molar-refractivity contribution in [1.82, 2.24) is 9.55 Å². The highest BCUT2D eigenvalue weighted by molar-refractivity contribution is 6.29. The van der Waals surface area contributed by atoms with Gasteiger partial charge in [0.05, 0.1) is 6.54 Å². The van der Waals surface area contributed by atoms with Gasteiger partial charge >= 0.3 is 0 Å². The van der Waals surface area contributed by atoms with Crippen LogP contribution in [0.2, 0.25) is 5.15 Å². The molecule has 0 spiro atoms. The lowest BCUT2D eigenvalue weighted by molar-refractivity contribution is 0.700. The average molecular weight is 235 g/mol. The molecule has 0 saturated carbocycles. The fraction of sp³-hybridized carbons (Fsp3) is 0.167. The molecule has 16 heavy (non-hydrogen) atoms. The van der Waals surface area contributed by atoms with Crippen LogP contribution in [0.1, 0.15) is 11.4 Å². The van der Waals surface area contributed by atoms with Crippen molar-refractivity contribution in [2.24, 2.45) is 0 Å². The summed E-state index contributed by atoms with van der Waals surface area (Å²) in [7, 11) is 0. The van der Waals surface area contributed by atoms with Gasteiger partial charge in [0.25, 0.3) is 5.56 Å². The van der Waals surface area contributed by atoms with Crippen molar-refractivity contribution in [3.63, 3.8) is 0 Å². The molecular formula is C12H11ClN2O. The van der Waals surface area contributed by atoms with Crippen molar-refractivity contribution in [2.75, 3.05) is 0 Å². The Bertz CT molecular complexity index is 549. The first-order valence-corrected chi connectivity index (χ1v) is 5.32. The third kappa shape index (κ3) is 2.31. The molecule has 2 rings (SSSR count). The molecule has 1 heterocycles. The summed E-state index contributed by atoms with van der Waals surface area (Å²) in [5, 5.41) is 0.242. The minimum atomic E-state index is -0.124. The van der Waals surface area contributed by atoms with Gasteiger partial charge in [-0.3, -0.25) is 9.36 Å². The summed E-state index contributed by atoms with van der Waals surface area (Å²) < 4.78 is 1.60. The Morgan fingerprint density at radius 3 is 2.62 bits per heavy atom. The molecule has 0 bridgehead atoms. The molecule has 0 fully saturated rings. The van der Waals surface area contributed by atoms with Crippen molar-refractivity contribution in [2.45, 2.75) is 13.5 Å². The number of benzene rings is 1. The SMILES string of the molecule is Cc1nc(Cl)cc(=O)n1Cc1ccccc1. The van der Waals surface area contributed by atoms with Crippen LogP contribution < -0.4 is 5.56 Å². The Balaban J connectivity index is 2.39. The Kier molecular flexibility index (Phi) is 3.06. The van der Waals surface area contributed by atoms with Gasteiger partial charge in [0.2, 0.25) is 0 Å². The summed E-state index contributed by atoms with van der Waals surface area (Å²) in [4.78, 5) is 15.8. The summed E-state index contributed by atoms with van der Waals surface area (Å²) in [6.07, 6.45) is 0. The zero-order chi connectivity index (χ0) is 11.5. The van der Waals surface area contributed by atoms with Crippen LogP contribution in [0, 0.1) is 6.92 Å². The minimum absolute atomic E-state index is 0.124. The van der Waals surface area contributed by atoms with E-state index in [4.69, 9.17) is 11.6 Å². The highest BCUT2D eigenvalue weighted by Gasteiger charge is 2.04. The third-order valence-electron chi connectivity index (χ3n) is 2.35. The molecular weight excluding hydrogens is 224 g/mol. The second-order valence-electron chi connectivity index (χ2n) is 3.54. The Morgan fingerprint density at radius 2 is 2.00 bits per heavy atom. The number of hydrogen-bond donors (Lipinski definition) is 0. The van der Waals surface area contributed by atoms with Gasteiger partial charge in [-0.25, -0.2) is 4.98 Å². The summed E-state index contributed by atoms with van der Waals surface area (Å²) >= 11 is 5.70. The van der Waals surface area contributed by atoms with Crippen molar-refractivity contribution in [3.8, 4) is 0 Å². The maximum atomic E-state index is 11.7. The van der Waals surface area contributed by atoms with E-state index in [1.54, 1.807) is 11.5 Å². The Hall–Kier alpha value is -1.61. The topological polar surface area (TPSA) is 34.9 Å². The zero-order valence-electron chi connectivity index (χ0n) is 8.85. The van der Waals surface area contributed by atoms with Gasteiger partial charge in [-0.15, -0.1) is 0 Å². The van der Waals surface area contributed by atoms with Crippen LogP contribution in [0.5, 0.6) is 0 Å². The van der Waals surface area contributed by atoms with E-state index in [1.165, 1.54) is 6.07 Å². The van der Waals surface area contributed by atoms with Gasteiger partial charge in [0.15, 0.2) is 0 Å². The first-order chi connectivity index (χ1) is 7.66. The van der Waals surface area contributed by atoms with E-state index in [0.29, 0.717) is 12.4 Å². The molecule has 0 aliphatic rings. The first kappa shape index (κ1) is 10.9. The number of halogens is 1. The molecule has 2 aromatic rings.